The van der Waals surface area contributed by atoms with Gasteiger partial charge in [-0.3, -0.25) is 14.6 Å². The van der Waals surface area contributed by atoms with E-state index in [9.17, 15) is 9.59 Å². The van der Waals surface area contributed by atoms with Gasteiger partial charge in [0.15, 0.2) is 5.82 Å². The number of hydrogen-bond donors (Lipinski definition) is 1. The van der Waals surface area contributed by atoms with Gasteiger partial charge in [0, 0.05) is 22.4 Å². The minimum absolute atomic E-state index is 0.107. The Morgan fingerprint density at radius 3 is 2.63 bits per heavy atom. The number of nitrogens with one attached hydrogen (secondary N) is 1. The average molecular weight is 489 g/mol. The maximum atomic E-state index is 13.0. The zero-order chi connectivity index (χ0) is 21.5. The Labute approximate surface area is 187 Å². The molecule has 1 atom stereocenters. The van der Waals surface area contributed by atoms with E-state index in [1.165, 1.54) is 11.8 Å². The fraction of sp³-hybridized carbons (Fsp3) is 0.238. The van der Waals surface area contributed by atoms with Gasteiger partial charge in [0.05, 0.1) is 23.2 Å². The van der Waals surface area contributed by atoms with Gasteiger partial charge >= 0.3 is 0 Å². The molecule has 0 radical (unpaired) electrons. The highest BCUT2D eigenvalue weighted by Crippen LogP contribution is 2.22. The molecule has 0 aliphatic rings. The summed E-state index contributed by atoms with van der Waals surface area (Å²) in [7, 11) is 0. The summed E-state index contributed by atoms with van der Waals surface area (Å²) in [4.78, 5) is 31.4. The zero-order valence-electron chi connectivity index (χ0n) is 16.5. The van der Waals surface area contributed by atoms with Gasteiger partial charge in [-0.1, -0.05) is 27.2 Å². The van der Waals surface area contributed by atoms with Crippen LogP contribution in [0.15, 0.2) is 63.7 Å². The topological polar surface area (TPSA) is 88.3 Å². The maximum absolute atomic E-state index is 13.0. The van der Waals surface area contributed by atoms with Gasteiger partial charge in [0.25, 0.3) is 0 Å². The van der Waals surface area contributed by atoms with E-state index in [0.29, 0.717) is 18.1 Å². The lowest BCUT2D eigenvalue weighted by Crippen LogP contribution is -2.33. The van der Waals surface area contributed by atoms with Gasteiger partial charge in [-0.15, -0.1) is 11.8 Å². The molecule has 7 nitrogen and oxygen atoms in total. The number of aryl methyl sites for hydroxylation is 1. The molecule has 0 saturated carbocycles. The Kier molecular flexibility index (Phi) is 7.64. The van der Waals surface area contributed by atoms with Crippen LogP contribution in [-0.4, -0.2) is 33.0 Å². The second-order valence-electron chi connectivity index (χ2n) is 6.54. The molecule has 1 unspecified atom stereocenters. The van der Waals surface area contributed by atoms with Crippen LogP contribution in [0, 0.1) is 6.92 Å². The first kappa shape index (κ1) is 22.0. The van der Waals surface area contributed by atoms with Crippen molar-refractivity contribution in [2.75, 3.05) is 16.0 Å². The first-order valence-corrected chi connectivity index (χ1v) is 11.1. The lowest BCUT2D eigenvalue weighted by molar-refractivity contribution is -0.116. The normalized spacial score (nSPS) is 11.7. The third-order valence-electron chi connectivity index (χ3n) is 4.19. The van der Waals surface area contributed by atoms with E-state index in [1.54, 1.807) is 31.0 Å². The highest BCUT2D eigenvalue weighted by molar-refractivity contribution is 9.10. The number of thioether (sulfide) groups is 1. The minimum Gasteiger partial charge on any atom is -0.360 e. The third-order valence-corrected chi connectivity index (χ3v) is 5.85. The van der Waals surface area contributed by atoms with Crippen LogP contribution in [0.3, 0.4) is 0 Å². The molecule has 0 aliphatic heterocycles. The van der Waals surface area contributed by atoms with Crippen LogP contribution in [0.2, 0.25) is 0 Å². The number of nitrogens with zero attached hydrogens (tertiary/aromatic N) is 3. The smallest absolute Gasteiger partial charge is 0.238 e. The fourth-order valence-corrected chi connectivity index (χ4v) is 3.62. The predicted molar refractivity (Wildman–Crippen MR) is 121 cm³/mol. The number of halogens is 1. The molecule has 30 heavy (non-hydrogen) atoms. The van der Waals surface area contributed by atoms with Crippen molar-refractivity contribution in [2.45, 2.75) is 25.6 Å². The molecule has 0 bridgehead atoms. The van der Waals surface area contributed by atoms with Crippen molar-refractivity contribution in [1.29, 1.82) is 0 Å². The van der Waals surface area contributed by atoms with Crippen LogP contribution >= 0.6 is 27.7 Å². The molecule has 0 spiro atoms. The van der Waals surface area contributed by atoms with Crippen LogP contribution in [0.4, 0.5) is 11.5 Å². The number of rotatable bonds is 8. The van der Waals surface area contributed by atoms with Crippen molar-refractivity contribution >= 4 is 51.0 Å². The summed E-state index contributed by atoms with van der Waals surface area (Å²) < 4.78 is 5.88. The zero-order valence-corrected chi connectivity index (χ0v) is 18.9. The summed E-state index contributed by atoms with van der Waals surface area (Å²) in [6, 6.07) is 14.8. The first-order valence-electron chi connectivity index (χ1n) is 9.24. The van der Waals surface area contributed by atoms with Crippen molar-refractivity contribution in [3.63, 3.8) is 0 Å². The number of aromatic nitrogens is 2. The summed E-state index contributed by atoms with van der Waals surface area (Å²) >= 11 is 4.68. The Morgan fingerprint density at radius 2 is 2.00 bits per heavy atom. The summed E-state index contributed by atoms with van der Waals surface area (Å²) in [6.45, 7) is 3.85. The minimum atomic E-state index is -0.437. The van der Waals surface area contributed by atoms with Gasteiger partial charge in [0.2, 0.25) is 11.8 Å². The molecular formula is C21H21BrN4O3S. The number of amides is 2. The van der Waals surface area contributed by atoms with E-state index in [1.807, 2.05) is 42.5 Å². The van der Waals surface area contributed by atoms with Crippen molar-refractivity contribution in [3.05, 3.63) is 70.7 Å². The summed E-state index contributed by atoms with van der Waals surface area (Å²) in [5.74, 6) is 0.782. The molecule has 2 aromatic heterocycles. The number of anilines is 2. The number of pyridine rings is 1. The van der Waals surface area contributed by atoms with E-state index in [0.717, 1.165) is 15.9 Å². The van der Waals surface area contributed by atoms with Gasteiger partial charge in [-0.05, 0) is 50.2 Å². The highest BCUT2D eigenvalue weighted by atomic mass is 79.9. The number of carbonyl (C=O) groups excluding carboxylic acids is 2. The molecule has 3 rings (SSSR count). The van der Waals surface area contributed by atoms with Crippen LogP contribution < -0.4 is 10.2 Å². The average Bonchev–Trinajstić information content (AvgIpc) is 3.16. The predicted octanol–water partition coefficient (Wildman–Crippen LogP) is 4.43. The third kappa shape index (κ3) is 6.17. The van der Waals surface area contributed by atoms with E-state index < -0.39 is 5.25 Å². The summed E-state index contributed by atoms with van der Waals surface area (Å²) in [5, 5.41) is 6.00. The lowest BCUT2D eigenvalue weighted by atomic mass is 10.2. The largest absolute Gasteiger partial charge is 0.360 e. The Balaban J connectivity index is 1.65. The summed E-state index contributed by atoms with van der Waals surface area (Å²) in [5.41, 5.74) is 1.55. The number of benzene rings is 1. The van der Waals surface area contributed by atoms with Gasteiger partial charge in [0.1, 0.15) is 5.76 Å². The molecule has 156 valence electrons. The molecular weight excluding hydrogens is 468 g/mol. The van der Waals surface area contributed by atoms with E-state index >= 15 is 0 Å². The van der Waals surface area contributed by atoms with Crippen molar-refractivity contribution in [2.24, 2.45) is 0 Å². The highest BCUT2D eigenvalue weighted by Gasteiger charge is 2.21. The quantitative estimate of drug-likeness (QED) is 0.504. The second-order valence-corrected chi connectivity index (χ2v) is 8.79. The van der Waals surface area contributed by atoms with Gasteiger partial charge in [-0.2, -0.15) is 0 Å². The lowest BCUT2D eigenvalue weighted by Gasteiger charge is -2.23. The molecule has 2 heterocycles. The van der Waals surface area contributed by atoms with E-state index in [2.05, 4.69) is 31.4 Å². The number of hydrogen-bond acceptors (Lipinski definition) is 6. The first-order chi connectivity index (χ1) is 14.4. The van der Waals surface area contributed by atoms with Gasteiger partial charge < -0.3 is 14.7 Å². The SMILES string of the molecule is Cc1cc(NC(=O)C(C)SCC(=O)N(Cc2ccccn2)c2ccc(Br)cc2)no1. The van der Waals surface area contributed by atoms with E-state index in [4.69, 9.17) is 4.52 Å². The molecule has 1 aromatic carbocycles. The molecule has 9 heteroatoms. The van der Waals surface area contributed by atoms with Crippen LogP contribution in [0.5, 0.6) is 0 Å². The molecule has 0 saturated heterocycles. The maximum Gasteiger partial charge on any atom is 0.238 e. The van der Waals surface area contributed by atoms with Crippen molar-refractivity contribution in [3.8, 4) is 0 Å². The number of carbonyl (C=O) groups is 2. The van der Waals surface area contributed by atoms with Crippen molar-refractivity contribution in [1.82, 2.24) is 10.1 Å². The second kappa shape index (κ2) is 10.4. The van der Waals surface area contributed by atoms with Crippen LogP contribution in [0.1, 0.15) is 18.4 Å². The van der Waals surface area contributed by atoms with E-state index in [-0.39, 0.29) is 17.6 Å². The standard InChI is InChI=1S/C21H21BrN4O3S/c1-14-11-19(25-29-14)24-21(28)15(2)30-13-20(27)26(12-17-5-3-4-10-23-17)18-8-6-16(22)7-9-18/h3-11,15H,12-13H2,1-2H3,(H,24,25,28). The Bertz CT molecular complexity index is 995. The fourth-order valence-electron chi connectivity index (χ4n) is 2.60. The molecule has 0 fully saturated rings. The molecule has 2 amide bonds. The molecule has 1 N–H and O–H groups in total. The summed E-state index contributed by atoms with van der Waals surface area (Å²) in [6.07, 6.45) is 1.70. The van der Waals surface area contributed by atoms with Crippen molar-refractivity contribution < 1.29 is 14.1 Å². The Hall–Kier alpha value is -2.65. The molecule has 0 aliphatic carbocycles. The van der Waals surface area contributed by atoms with Crippen LogP contribution in [-0.2, 0) is 16.1 Å². The molecule has 3 aromatic rings. The van der Waals surface area contributed by atoms with Crippen LogP contribution in [0.25, 0.3) is 0 Å². The monoisotopic (exact) mass is 488 g/mol. The van der Waals surface area contributed by atoms with Gasteiger partial charge in [-0.25, -0.2) is 0 Å². The Morgan fingerprint density at radius 1 is 1.23 bits per heavy atom.